The maximum absolute atomic E-state index is 12.7. The zero-order chi connectivity index (χ0) is 25.6. The fourth-order valence-corrected chi connectivity index (χ4v) is 6.29. The number of hydrogen-bond donors (Lipinski definition) is 1. The first kappa shape index (κ1) is 23.4. The quantitative estimate of drug-likeness (QED) is 0.335. The molecule has 1 aromatic heterocycles. The molecule has 1 amide bonds. The van der Waals surface area contributed by atoms with Gasteiger partial charge in [0.25, 0.3) is 0 Å². The summed E-state index contributed by atoms with van der Waals surface area (Å²) in [6, 6.07) is 20.5. The number of amides is 1. The van der Waals surface area contributed by atoms with E-state index in [0.717, 1.165) is 24.2 Å². The SMILES string of the molecule is CNC(=O)Oc1c(-c2ccc(Oc3ccccc3)cc2)oc2cc(N3CCCS3(=O)=O)c(C3CC3)cc12. The Balaban J connectivity index is 1.45. The third-order valence-corrected chi connectivity index (χ3v) is 8.53. The Hall–Kier alpha value is -3.98. The van der Waals surface area contributed by atoms with Crippen molar-refractivity contribution in [1.82, 2.24) is 5.32 Å². The van der Waals surface area contributed by atoms with Crippen LogP contribution in [0.4, 0.5) is 10.5 Å². The number of nitrogens with zero attached hydrogens (tertiary/aromatic N) is 1. The van der Waals surface area contributed by atoms with Crippen molar-refractivity contribution in [2.24, 2.45) is 0 Å². The van der Waals surface area contributed by atoms with Gasteiger partial charge in [-0.15, -0.1) is 0 Å². The molecule has 1 N–H and O–H groups in total. The lowest BCUT2D eigenvalue weighted by Gasteiger charge is -2.20. The first-order chi connectivity index (χ1) is 17.9. The maximum Gasteiger partial charge on any atom is 0.412 e. The van der Waals surface area contributed by atoms with E-state index in [0.29, 0.717) is 52.4 Å². The minimum Gasteiger partial charge on any atom is -0.457 e. The number of hydrogen-bond acceptors (Lipinski definition) is 6. The highest BCUT2D eigenvalue weighted by atomic mass is 32.2. The highest BCUT2D eigenvalue weighted by Gasteiger charge is 2.36. The first-order valence-electron chi connectivity index (χ1n) is 12.3. The predicted octanol–water partition coefficient (Wildman–Crippen LogP) is 6.03. The average molecular weight is 519 g/mol. The summed E-state index contributed by atoms with van der Waals surface area (Å²) in [5, 5.41) is 3.12. The molecule has 1 saturated carbocycles. The van der Waals surface area contributed by atoms with E-state index >= 15 is 0 Å². The van der Waals surface area contributed by atoms with Crippen LogP contribution in [0, 0.1) is 0 Å². The molecule has 4 aromatic rings. The molecule has 6 rings (SSSR count). The highest BCUT2D eigenvalue weighted by Crippen LogP contribution is 2.50. The molecule has 0 atom stereocenters. The number of carbonyl (C=O) groups excluding carboxylic acids is 1. The molecule has 0 radical (unpaired) electrons. The molecule has 8 nitrogen and oxygen atoms in total. The molecular formula is C28H26N2O6S. The summed E-state index contributed by atoms with van der Waals surface area (Å²) >= 11 is 0. The van der Waals surface area contributed by atoms with Crippen LogP contribution >= 0.6 is 0 Å². The summed E-state index contributed by atoms with van der Waals surface area (Å²) in [7, 11) is -1.87. The van der Waals surface area contributed by atoms with Crippen molar-refractivity contribution >= 4 is 32.8 Å². The molecule has 2 aliphatic rings. The molecule has 1 aliphatic heterocycles. The molecule has 2 heterocycles. The minimum atomic E-state index is -3.36. The molecular weight excluding hydrogens is 492 g/mol. The van der Waals surface area contributed by atoms with Crippen molar-refractivity contribution in [3.8, 4) is 28.6 Å². The zero-order valence-corrected chi connectivity index (χ0v) is 21.1. The van der Waals surface area contributed by atoms with Crippen molar-refractivity contribution < 1.29 is 27.1 Å². The van der Waals surface area contributed by atoms with Crippen molar-refractivity contribution in [2.75, 3.05) is 23.7 Å². The van der Waals surface area contributed by atoms with Gasteiger partial charge in [-0.3, -0.25) is 4.31 Å². The second-order valence-electron chi connectivity index (χ2n) is 9.26. The number of carbonyl (C=O) groups is 1. The van der Waals surface area contributed by atoms with Gasteiger partial charge >= 0.3 is 6.09 Å². The van der Waals surface area contributed by atoms with Gasteiger partial charge < -0.3 is 19.2 Å². The van der Waals surface area contributed by atoms with Crippen molar-refractivity contribution in [3.05, 3.63) is 72.3 Å². The Bertz CT molecular complexity index is 1570. The Labute approximate surface area is 214 Å². The summed E-state index contributed by atoms with van der Waals surface area (Å²) in [6.45, 7) is 0.450. The Morgan fingerprint density at radius 1 is 1.03 bits per heavy atom. The van der Waals surface area contributed by atoms with Crippen LogP contribution in [-0.2, 0) is 10.0 Å². The molecule has 3 aromatic carbocycles. The van der Waals surface area contributed by atoms with E-state index in [1.54, 1.807) is 6.07 Å². The number of benzene rings is 3. The number of sulfonamides is 1. The van der Waals surface area contributed by atoms with E-state index in [2.05, 4.69) is 5.32 Å². The summed E-state index contributed by atoms with van der Waals surface area (Å²) in [5.41, 5.74) is 2.75. The lowest BCUT2D eigenvalue weighted by atomic mass is 10.0. The van der Waals surface area contributed by atoms with E-state index in [9.17, 15) is 13.2 Å². The molecule has 2 fully saturated rings. The van der Waals surface area contributed by atoms with Crippen LogP contribution in [-0.4, -0.2) is 33.9 Å². The molecule has 190 valence electrons. The van der Waals surface area contributed by atoms with E-state index in [1.807, 2.05) is 60.7 Å². The second-order valence-corrected chi connectivity index (χ2v) is 11.3. The second kappa shape index (κ2) is 9.15. The number of ether oxygens (including phenoxy) is 2. The van der Waals surface area contributed by atoms with Crippen molar-refractivity contribution in [3.63, 3.8) is 0 Å². The van der Waals surface area contributed by atoms with Gasteiger partial charge in [0.15, 0.2) is 11.5 Å². The number of nitrogens with one attached hydrogen (secondary N) is 1. The van der Waals surface area contributed by atoms with E-state index in [1.165, 1.54) is 11.4 Å². The predicted molar refractivity (Wildman–Crippen MR) is 141 cm³/mol. The molecule has 0 spiro atoms. The Morgan fingerprint density at radius 3 is 2.41 bits per heavy atom. The van der Waals surface area contributed by atoms with Crippen LogP contribution in [0.25, 0.3) is 22.3 Å². The standard InChI is InChI=1S/C28H26N2O6S/c1-29-28(31)36-27-23-16-22(18-8-9-18)24(30-14-5-15-37(30,32)33)17-25(23)35-26(27)19-10-12-21(13-11-19)34-20-6-3-2-4-7-20/h2-4,6-7,10-13,16-18H,5,8-9,14-15H2,1H3,(H,29,31). The summed E-state index contributed by atoms with van der Waals surface area (Å²) in [5.74, 6) is 2.46. The van der Waals surface area contributed by atoms with Crippen LogP contribution in [0.5, 0.6) is 17.2 Å². The van der Waals surface area contributed by atoms with Gasteiger partial charge in [-0.1, -0.05) is 18.2 Å². The number of furan rings is 1. The smallest absolute Gasteiger partial charge is 0.412 e. The van der Waals surface area contributed by atoms with Gasteiger partial charge in [-0.05, 0) is 73.2 Å². The summed E-state index contributed by atoms with van der Waals surface area (Å²) < 4.78 is 44.8. The van der Waals surface area contributed by atoms with Crippen LogP contribution in [0.2, 0.25) is 0 Å². The van der Waals surface area contributed by atoms with Crippen LogP contribution in [0.1, 0.15) is 30.7 Å². The van der Waals surface area contributed by atoms with Gasteiger partial charge in [-0.2, -0.15) is 0 Å². The monoisotopic (exact) mass is 518 g/mol. The summed E-state index contributed by atoms with van der Waals surface area (Å²) in [6.07, 6.45) is 1.96. The number of rotatable bonds is 6. The highest BCUT2D eigenvalue weighted by molar-refractivity contribution is 7.93. The average Bonchev–Trinajstić information content (AvgIpc) is 3.61. The molecule has 0 unspecified atom stereocenters. The fraction of sp³-hybridized carbons (Fsp3) is 0.250. The van der Waals surface area contributed by atoms with E-state index in [4.69, 9.17) is 13.9 Å². The largest absolute Gasteiger partial charge is 0.457 e. The third kappa shape index (κ3) is 4.51. The Morgan fingerprint density at radius 2 is 1.76 bits per heavy atom. The van der Waals surface area contributed by atoms with E-state index in [-0.39, 0.29) is 11.7 Å². The topological polar surface area (TPSA) is 98.1 Å². The van der Waals surface area contributed by atoms with Crippen LogP contribution < -0.4 is 19.1 Å². The fourth-order valence-electron chi connectivity index (χ4n) is 4.71. The number of anilines is 1. The zero-order valence-electron chi connectivity index (χ0n) is 20.3. The lowest BCUT2D eigenvalue weighted by Crippen LogP contribution is -2.26. The molecule has 9 heteroatoms. The van der Waals surface area contributed by atoms with Crippen molar-refractivity contribution in [2.45, 2.75) is 25.2 Å². The number of fused-ring (bicyclic) bond motifs is 1. The number of para-hydroxylation sites is 1. The maximum atomic E-state index is 12.7. The molecule has 37 heavy (non-hydrogen) atoms. The van der Waals surface area contributed by atoms with Gasteiger partial charge in [-0.25, -0.2) is 13.2 Å². The first-order valence-corrected chi connectivity index (χ1v) is 13.9. The van der Waals surface area contributed by atoms with Crippen LogP contribution in [0.15, 0.2) is 71.1 Å². The Kier molecular flexibility index (Phi) is 5.79. The minimum absolute atomic E-state index is 0.140. The summed E-state index contributed by atoms with van der Waals surface area (Å²) in [4.78, 5) is 12.3. The van der Waals surface area contributed by atoms with Gasteiger partial charge in [0.2, 0.25) is 10.0 Å². The third-order valence-electron chi connectivity index (χ3n) is 6.67. The van der Waals surface area contributed by atoms with E-state index < -0.39 is 16.1 Å². The van der Waals surface area contributed by atoms with Gasteiger partial charge in [0, 0.05) is 25.2 Å². The van der Waals surface area contributed by atoms with Crippen molar-refractivity contribution in [1.29, 1.82) is 0 Å². The normalized spacial score (nSPS) is 16.6. The van der Waals surface area contributed by atoms with Crippen LogP contribution in [0.3, 0.4) is 0 Å². The molecule has 1 aliphatic carbocycles. The molecule has 0 bridgehead atoms. The van der Waals surface area contributed by atoms with Gasteiger partial charge in [0.05, 0.1) is 16.8 Å². The van der Waals surface area contributed by atoms with Gasteiger partial charge in [0.1, 0.15) is 17.1 Å². The molecule has 1 saturated heterocycles. The lowest BCUT2D eigenvalue weighted by molar-refractivity contribution is 0.203.